The Kier molecular flexibility index (Phi) is 6.26. The second-order valence-corrected chi connectivity index (χ2v) is 9.65. The minimum absolute atomic E-state index is 0.100. The molecule has 0 N–H and O–H groups in total. The molecule has 1 aromatic rings. The third-order valence-corrected chi connectivity index (χ3v) is 7.65. The van der Waals surface area contributed by atoms with Gasteiger partial charge in [-0.2, -0.15) is 4.31 Å². The van der Waals surface area contributed by atoms with Gasteiger partial charge in [0.15, 0.2) is 5.78 Å². The molecule has 2 atom stereocenters. The van der Waals surface area contributed by atoms with Crippen molar-refractivity contribution in [1.29, 1.82) is 0 Å². The molecule has 1 aliphatic carbocycles. The number of allylic oxidation sites excluding steroid dienone is 1. The Morgan fingerprint density at radius 3 is 2.34 bits per heavy atom. The Hall–Kier alpha value is -2.03. The summed E-state index contributed by atoms with van der Waals surface area (Å²) in [6.45, 7) is 7.44. The van der Waals surface area contributed by atoms with E-state index in [9.17, 15) is 18.0 Å². The van der Waals surface area contributed by atoms with Crippen molar-refractivity contribution in [2.75, 3.05) is 32.8 Å². The summed E-state index contributed by atoms with van der Waals surface area (Å²) >= 11 is 0. The minimum Gasteiger partial charge on any atom is -0.465 e. The van der Waals surface area contributed by atoms with Crippen LogP contribution < -0.4 is 0 Å². The van der Waals surface area contributed by atoms with Crippen LogP contribution in [0.2, 0.25) is 0 Å². The van der Waals surface area contributed by atoms with Crippen LogP contribution in [0.25, 0.3) is 0 Å². The Balaban J connectivity index is 1.68. The highest BCUT2D eigenvalue weighted by Crippen LogP contribution is 2.36. The van der Waals surface area contributed by atoms with Gasteiger partial charge in [0.05, 0.1) is 11.5 Å². The number of Topliss-reactive ketones (excluding diaryl/α,β-unsaturated/α-hetero) is 1. The van der Waals surface area contributed by atoms with Crippen molar-refractivity contribution in [3.8, 4) is 0 Å². The van der Waals surface area contributed by atoms with E-state index < -0.39 is 15.4 Å². The summed E-state index contributed by atoms with van der Waals surface area (Å²) in [4.78, 5) is 26.1. The van der Waals surface area contributed by atoms with Gasteiger partial charge in [-0.1, -0.05) is 24.3 Å². The summed E-state index contributed by atoms with van der Waals surface area (Å²) in [6, 6.07) is 5.83. The van der Waals surface area contributed by atoms with Crippen LogP contribution in [0.15, 0.2) is 41.3 Å². The van der Waals surface area contributed by atoms with E-state index >= 15 is 0 Å². The van der Waals surface area contributed by atoms with Gasteiger partial charge in [0.1, 0.15) is 5.41 Å². The second-order valence-electron chi connectivity index (χ2n) is 7.76. The second kappa shape index (κ2) is 8.38. The highest BCUT2D eigenvalue weighted by Gasteiger charge is 2.44. The van der Waals surface area contributed by atoms with Crippen LogP contribution in [-0.4, -0.2) is 68.2 Å². The van der Waals surface area contributed by atoms with E-state index in [2.05, 4.69) is 4.90 Å². The fourth-order valence-corrected chi connectivity index (χ4v) is 5.54. The van der Waals surface area contributed by atoms with Gasteiger partial charge >= 0.3 is 5.97 Å². The van der Waals surface area contributed by atoms with Crippen molar-refractivity contribution in [3.63, 3.8) is 0 Å². The van der Waals surface area contributed by atoms with Crippen molar-refractivity contribution in [3.05, 3.63) is 42.0 Å². The van der Waals surface area contributed by atoms with Crippen LogP contribution in [0.1, 0.15) is 37.6 Å². The van der Waals surface area contributed by atoms with E-state index in [1.54, 1.807) is 19.1 Å². The van der Waals surface area contributed by atoms with E-state index in [1.807, 2.05) is 19.1 Å². The van der Waals surface area contributed by atoms with Gasteiger partial charge in [-0.3, -0.25) is 14.5 Å². The highest BCUT2D eigenvalue weighted by molar-refractivity contribution is 7.89. The fourth-order valence-electron chi connectivity index (χ4n) is 3.92. The molecule has 2 aliphatic rings. The lowest BCUT2D eigenvalue weighted by atomic mass is 9.75. The average Bonchev–Trinajstić information content (AvgIpc) is 2.64. The van der Waals surface area contributed by atoms with Gasteiger partial charge in [0.2, 0.25) is 10.0 Å². The molecule has 3 rings (SSSR count). The Labute approximate surface area is 172 Å². The molecular formula is C21H28N2O5S. The number of benzene rings is 1. The van der Waals surface area contributed by atoms with E-state index in [0.717, 1.165) is 0 Å². The van der Waals surface area contributed by atoms with Crippen molar-refractivity contribution in [2.24, 2.45) is 5.41 Å². The summed E-state index contributed by atoms with van der Waals surface area (Å²) in [6.07, 6.45) is 4.52. The molecule has 1 saturated heterocycles. The number of carbonyl (C=O) groups is 2. The smallest absolute Gasteiger partial charge is 0.317 e. The van der Waals surface area contributed by atoms with Crippen molar-refractivity contribution < 1.29 is 22.7 Å². The average molecular weight is 421 g/mol. The van der Waals surface area contributed by atoms with Gasteiger partial charge in [-0.25, -0.2) is 8.42 Å². The zero-order chi connectivity index (χ0) is 21.2. The van der Waals surface area contributed by atoms with Crippen molar-refractivity contribution in [1.82, 2.24) is 9.21 Å². The molecule has 0 aromatic heterocycles. The molecule has 1 aromatic carbocycles. The molecule has 29 heavy (non-hydrogen) atoms. The zero-order valence-electron chi connectivity index (χ0n) is 17.1. The Morgan fingerprint density at radius 2 is 1.86 bits per heavy atom. The molecule has 0 saturated carbocycles. The van der Waals surface area contributed by atoms with Crippen LogP contribution >= 0.6 is 0 Å². The number of ether oxygens (including phenoxy) is 1. The number of carbonyl (C=O) groups excluding carboxylic acids is 2. The van der Waals surface area contributed by atoms with Crippen molar-refractivity contribution >= 4 is 21.8 Å². The monoisotopic (exact) mass is 420 g/mol. The molecule has 0 radical (unpaired) electrons. The molecule has 8 heteroatoms. The molecule has 158 valence electrons. The summed E-state index contributed by atoms with van der Waals surface area (Å²) in [5, 5.41) is 0. The molecular weight excluding hydrogens is 392 g/mol. The molecule has 1 aliphatic heterocycles. The van der Waals surface area contributed by atoms with E-state index in [-0.39, 0.29) is 22.7 Å². The number of esters is 1. The van der Waals surface area contributed by atoms with Crippen LogP contribution in [0.5, 0.6) is 0 Å². The number of hydrogen-bond donors (Lipinski definition) is 0. The summed E-state index contributed by atoms with van der Waals surface area (Å²) < 4.78 is 32.9. The summed E-state index contributed by atoms with van der Waals surface area (Å²) in [7, 11) is -3.65. The van der Waals surface area contributed by atoms with Crippen molar-refractivity contribution in [2.45, 2.75) is 38.1 Å². The third kappa shape index (κ3) is 4.29. The first-order valence-electron chi connectivity index (χ1n) is 9.90. The molecule has 1 fully saturated rings. The first kappa shape index (κ1) is 21.7. The van der Waals surface area contributed by atoms with Crippen LogP contribution in [0, 0.1) is 5.41 Å². The number of hydrogen-bond acceptors (Lipinski definition) is 6. The number of nitrogens with zero attached hydrogens (tertiary/aromatic N) is 2. The summed E-state index contributed by atoms with van der Waals surface area (Å²) in [5.74, 6) is -0.313. The van der Waals surface area contributed by atoms with E-state index in [0.29, 0.717) is 44.8 Å². The molecule has 0 amide bonds. The van der Waals surface area contributed by atoms with E-state index in [1.165, 1.54) is 23.4 Å². The lowest BCUT2D eigenvalue weighted by Gasteiger charge is -2.43. The Morgan fingerprint density at radius 1 is 1.21 bits per heavy atom. The quantitative estimate of drug-likeness (QED) is 0.382. The first-order chi connectivity index (χ1) is 13.7. The molecule has 0 unspecified atom stereocenters. The maximum Gasteiger partial charge on any atom is 0.317 e. The molecule has 1 heterocycles. The highest BCUT2D eigenvalue weighted by atomic mass is 32.2. The summed E-state index contributed by atoms with van der Waals surface area (Å²) in [5.41, 5.74) is -0.126. The molecule has 0 bridgehead atoms. The fraction of sp³-hybridized carbons (Fsp3) is 0.524. The normalized spacial score (nSPS) is 25.4. The number of ketones is 1. The third-order valence-electron chi connectivity index (χ3n) is 5.62. The van der Waals surface area contributed by atoms with E-state index in [4.69, 9.17) is 4.74 Å². The predicted molar refractivity (Wildman–Crippen MR) is 109 cm³/mol. The number of piperazine rings is 1. The van der Waals surface area contributed by atoms with Gasteiger partial charge in [-0.05, 0) is 39.3 Å². The van der Waals surface area contributed by atoms with Crippen LogP contribution in [0.4, 0.5) is 0 Å². The topological polar surface area (TPSA) is 84.0 Å². The minimum atomic E-state index is -3.65. The van der Waals surface area contributed by atoms with Gasteiger partial charge < -0.3 is 4.74 Å². The van der Waals surface area contributed by atoms with Crippen LogP contribution in [-0.2, 0) is 19.6 Å². The number of rotatable bonds is 7. The maximum absolute atomic E-state index is 13.1. The molecule has 0 spiro atoms. The SMILES string of the molecule is CCOC(=O)[C@@]1(CN2CCN(S(=O)(=O)c3ccc(C(C)=O)cc3)[C@H](C)C2)C=CC1. The first-order valence-corrected chi connectivity index (χ1v) is 11.3. The largest absolute Gasteiger partial charge is 0.465 e. The number of sulfonamides is 1. The zero-order valence-corrected chi connectivity index (χ0v) is 17.9. The van der Waals surface area contributed by atoms with Gasteiger partial charge in [-0.15, -0.1) is 0 Å². The lowest BCUT2D eigenvalue weighted by molar-refractivity contribution is -0.154. The standard InChI is InChI=1S/C21H28N2O5S/c1-4-28-20(25)21(10-5-11-21)15-22-12-13-23(16(2)14-22)29(26,27)19-8-6-18(7-9-19)17(3)24/h5-10,16H,4,11-15H2,1-3H3/t16-,21+/m1/s1. The lowest BCUT2D eigenvalue weighted by Crippen LogP contribution is -2.57. The maximum atomic E-state index is 13.1. The molecule has 7 nitrogen and oxygen atoms in total. The Bertz CT molecular complexity index is 910. The van der Waals surface area contributed by atoms with Crippen LogP contribution in [0.3, 0.4) is 0 Å². The van der Waals surface area contributed by atoms with Gasteiger partial charge in [0, 0.05) is 37.8 Å². The predicted octanol–water partition coefficient (Wildman–Crippen LogP) is 2.09. The van der Waals surface area contributed by atoms with Gasteiger partial charge in [0.25, 0.3) is 0 Å².